The quantitative estimate of drug-likeness (QED) is 0.684. The molecule has 0 saturated heterocycles. The first kappa shape index (κ1) is 14.3. The molecule has 2 aromatic rings. The van der Waals surface area contributed by atoms with Crippen LogP contribution in [-0.4, -0.2) is 6.61 Å². The first-order valence-electron chi connectivity index (χ1n) is 7.33. The molecular formula is C18H19ClO2. The van der Waals surface area contributed by atoms with E-state index in [0.717, 1.165) is 29.2 Å². The number of ether oxygens (including phenoxy) is 2. The van der Waals surface area contributed by atoms with Crippen LogP contribution in [0.5, 0.6) is 11.5 Å². The largest absolute Gasteiger partial charge is 0.489 e. The van der Waals surface area contributed by atoms with Crippen molar-refractivity contribution in [3.05, 3.63) is 59.7 Å². The van der Waals surface area contributed by atoms with Crippen LogP contribution in [0.3, 0.4) is 0 Å². The van der Waals surface area contributed by atoms with E-state index in [1.54, 1.807) is 0 Å². The zero-order chi connectivity index (χ0) is 14.5. The highest BCUT2D eigenvalue weighted by atomic mass is 35.5. The fourth-order valence-electron chi connectivity index (χ4n) is 2.10. The molecule has 3 heteroatoms. The minimum atomic E-state index is 0.485. The van der Waals surface area contributed by atoms with Crippen molar-refractivity contribution in [2.45, 2.75) is 25.3 Å². The van der Waals surface area contributed by atoms with Crippen LogP contribution in [0.15, 0.2) is 48.5 Å². The van der Waals surface area contributed by atoms with Crippen LogP contribution in [0, 0.1) is 5.92 Å². The number of benzene rings is 2. The fourth-order valence-corrected chi connectivity index (χ4v) is 2.26. The molecule has 0 amide bonds. The Morgan fingerprint density at radius 3 is 2.43 bits per heavy atom. The highest BCUT2D eigenvalue weighted by Crippen LogP contribution is 2.34. The van der Waals surface area contributed by atoms with Crippen molar-refractivity contribution < 1.29 is 9.47 Å². The molecule has 0 radical (unpaired) electrons. The molecule has 2 nitrogen and oxygen atoms in total. The molecule has 3 rings (SSSR count). The Morgan fingerprint density at radius 2 is 1.71 bits per heavy atom. The van der Waals surface area contributed by atoms with Gasteiger partial charge in [-0.15, -0.1) is 11.6 Å². The van der Waals surface area contributed by atoms with Gasteiger partial charge in [0.25, 0.3) is 0 Å². The number of rotatable bonds is 7. The van der Waals surface area contributed by atoms with Gasteiger partial charge in [0.2, 0.25) is 0 Å². The number of halogens is 1. The highest BCUT2D eigenvalue weighted by Gasteiger charge is 2.22. The lowest BCUT2D eigenvalue weighted by Gasteiger charge is -2.14. The van der Waals surface area contributed by atoms with E-state index in [1.165, 1.54) is 12.8 Å². The predicted molar refractivity (Wildman–Crippen MR) is 85.0 cm³/mol. The Morgan fingerprint density at radius 1 is 0.905 bits per heavy atom. The molecule has 1 saturated carbocycles. The SMILES string of the molecule is ClCc1ccc(OCc2ccccc2)c(OCC2CC2)c1. The number of hydrogen-bond acceptors (Lipinski definition) is 2. The van der Waals surface area contributed by atoms with Gasteiger partial charge < -0.3 is 9.47 Å². The summed E-state index contributed by atoms with van der Waals surface area (Å²) in [6.45, 7) is 1.31. The first-order chi connectivity index (χ1) is 10.3. The molecular weight excluding hydrogens is 284 g/mol. The summed E-state index contributed by atoms with van der Waals surface area (Å²) < 4.78 is 11.8. The van der Waals surface area contributed by atoms with Gasteiger partial charge in [-0.2, -0.15) is 0 Å². The van der Waals surface area contributed by atoms with E-state index in [2.05, 4.69) is 12.1 Å². The molecule has 1 aliphatic rings. The second-order valence-electron chi connectivity index (χ2n) is 5.44. The van der Waals surface area contributed by atoms with E-state index in [9.17, 15) is 0 Å². The van der Waals surface area contributed by atoms with E-state index in [-0.39, 0.29) is 0 Å². The Kier molecular flexibility index (Phi) is 4.66. The summed E-state index contributed by atoms with van der Waals surface area (Å²) in [5.41, 5.74) is 2.20. The van der Waals surface area contributed by atoms with Crippen molar-refractivity contribution in [3.63, 3.8) is 0 Å². The summed E-state index contributed by atoms with van der Waals surface area (Å²) >= 11 is 5.90. The lowest BCUT2D eigenvalue weighted by atomic mass is 10.2. The van der Waals surface area contributed by atoms with Crippen molar-refractivity contribution in [3.8, 4) is 11.5 Å². The summed E-state index contributed by atoms with van der Waals surface area (Å²) in [6.07, 6.45) is 2.55. The molecule has 0 N–H and O–H groups in total. The molecule has 0 aromatic heterocycles. The second-order valence-corrected chi connectivity index (χ2v) is 5.71. The molecule has 21 heavy (non-hydrogen) atoms. The van der Waals surface area contributed by atoms with Crippen LogP contribution < -0.4 is 9.47 Å². The molecule has 0 bridgehead atoms. The second kappa shape index (κ2) is 6.86. The van der Waals surface area contributed by atoms with Crippen LogP contribution in [0.2, 0.25) is 0 Å². The maximum absolute atomic E-state index is 5.91. The zero-order valence-electron chi connectivity index (χ0n) is 11.9. The van der Waals surface area contributed by atoms with Gasteiger partial charge >= 0.3 is 0 Å². The van der Waals surface area contributed by atoms with Gasteiger partial charge in [0.1, 0.15) is 6.61 Å². The smallest absolute Gasteiger partial charge is 0.161 e. The topological polar surface area (TPSA) is 18.5 Å². The zero-order valence-corrected chi connectivity index (χ0v) is 12.7. The van der Waals surface area contributed by atoms with Crippen molar-refractivity contribution in [2.75, 3.05) is 6.61 Å². The fraction of sp³-hybridized carbons (Fsp3) is 0.333. The monoisotopic (exact) mass is 302 g/mol. The normalized spacial score (nSPS) is 14.0. The molecule has 0 atom stereocenters. The number of hydrogen-bond donors (Lipinski definition) is 0. The third kappa shape index (κ3) is 4.15. The van der Waals surface area contributed by atoms with E-state index < -0.39 is 0 Å². The minimum Gasteiger partial charge on any atom is -0.489 e. The summed E-state index contributed by atoms with van der Waals surface area (Å²) in [6, 6.07) is 16.0. The average molecular weight is 303 g/mol. The van der Waals surface area contributed by atoms with Crippen LogP contribution >= 0.6 is 11.6 Å². The molecule has 1 fully saturated rings. The standard InChI is InChI=1S/C18H19ClO2/c19-11-16-8-9-17(18(10-16)21-13-15-6-7-15)20-12-14-4-2-1-3-5-14/h1-5,8-10,15H,6-7,11-13H2. The Balaban J connectivity index is 1.69. The molecule has 0 heterocycles. The van der Waals surface area contributed by atoms with Gasteiger partial charge in [0.05, 0.1) is 6.61 Å². The maximum atomic E-state index is 5.91. The van der Waals surface area contributed by atoms with Crippen LogP contribution in [0.25, 0.3) is 0 Å². The van der Waals surface area contributed by atoms with Gasteiger partial charge in [0.15, 0.2) is 11.5 Å². The highest BCUT2D eigenvalue weighted by molar-refractivity contribution is 6.17. The summed E-state index contributed by atoms with van der Waals surface area (Å²) in [5.74, 6) is 2.79. The third-order valence-electron chi connectivity index (χ3n) is 3.57. The van der Waals surface area contributed by atoms with Gasteiger partial charge in [-0.05, 0) is 42.0 Å². The lowest BCUT2D eigenvalue weighted by Crippen LogP contribution is -2.03. The third-order valence-corrected chi connectivity index (χ3v) is 3.88. The Bertz CT molecular complexity index is 579. The van der Waals surface area contributed by atoms with Crippen LogP contribution in [-0.2, 0) is 12.5 Å². The Hall–Kier alpha value is -1.67. The first-order valence-corrected chi connectivity index (χ1v) is 7.87. The molecule has 110 valence electrons. The average Bonchev–Trinajstić information content (AvgIpc) is 3.36. The van der Waals surface area contributed by atoms with Crippen LogP contribution in [0.4, 0.5) is 0 Å². The van der Waals surface area contributed by atoms with Crippen molar-refractivity contribution >= 4 is 11.6 Å². The van der Waals surface area contributed by atoms with Gasteiger partial charge in [-0.25, -0.2) is 0 Å². The lowest BCUT2D eigenvalue weighted by molar-refractivity contribution is 0.254. The molecule has 0 aliphatic heterocycles. The van der Waals surface area contributed by atoms with E-state index in [4.69, 9.17) is 21.1 Å². The van der Waals surface area contributed by atoms with Crippen molar-refractivity contribution in [2.24, 2.45) is 5.92 Å². The van der Waals surface area contributed by atoms with E-state index in [0.29, 0.717) is 18.4 Å². The molecule has 1 aliphatic carbocycles. The minimum absolute atomic E-state index is 0.485. The van der Waals surface area contributed by atoms with E-state index in [1.807, 2.05) is 36.4 Å². The number of alkyl halides is 1. The predicted octanol–water partition coefficient (Wildman–Crippen LogP) is 4.79. The van der Waals surface area contributed by atoms with E-state index >= 15 is 0 Å². The molecule has 2 aromatic carbocycles. The van der Waals surface area contributed by atoms with Gasteiger partial charge in [-0.3, -0.25) is 0 Å². The van der Waals surface area contributed by atoms with Crippen LogP contribution in [0.1, 0.15) is 24.0 Å². The van der Waals surface area contributed by atoms with Crippen molar-refractivity contribution in [1.29, 1.82) is 0 Å². The van der Waals surface area contributed by atoms with Gasteiger partial charge in [-0.1, -0.05) is 36.4 Å². The maximum Gasteiger partial charge on any atom is 0.161 e. The summed E-state index contributed by atoms with van der Waals surface area (Å²) in [7, 11) is 0. The molecule has 0 unspecified atom stereocenters. The summed E-state index contributed by atoms with van der Waals surface area (Å²) in [4.78, 5) is 0. The Labute approximate surface area is 130 Å². The van der Waals surface area contributed by atoms with Gasteiger partial charge in [0, 0.05) is 5.88 Å². The summed E-state index contributed by atoms with van der Waals surface area (Å²) in [5, 5.41) is 0. The molecule has 0 spiro atoms. The van der Waals surface area contributed by atoms with Crippen molar-refractivity contribution in [1.82, 2.24) is 0 Å².